The van der Waals surface area contributed by atoms with Crippen molar-refractivity contribution in [2.75, 3.05) is 6.61 Å². The van der Waals surface area contributed by atoms with E-state index in [1.165, 1.54) is 0 Å². The predicted molar refractivity (Wildman–Crippen MR) is 75.2 cm³/mol. The highest BCUT2D eigenvalue weighted by Gasteiger charge is 2.26. The smallest absolute Gasteiger partial charge is 0.408 e. The van der Waals surface area contributed by atoms with Crippen molar-refractivity contribution in [2.24, 2.45) is 0 Å². The summed E-state index contributed by atoms with van der Waals surface area (Å²) in [5.41, 5.74) is 0.0248. The summed E-state index contributed by atoms with van der Waals surface area (Å²) in [6.07, 6.45) is -0.653. The van der Waals surface area contributed by atoms with Crippen LogP contribution in [0.2, 0.25) is 0 Å². The fraction of sp³-hybridized carbons (Fsp3) is 0.467. The third-order valence-electron chi connectivity index (χ3n) is 2.32. The summed E-state index contributed by atoms with van der Waals surface area (Å²) in [5.74, 6) is -0.510. The zero-order valence-corrected chi connectivity index (χ0v) is 12.3. The van der Waals surface area contributed by atoms with Crippen LogP contribution in [0.15, 0.2) is 30.3 Å². The second kappa shape index (κ2) is 6.93. The Labute approximate surface area is 119 Å². The van der Waals surface area contributed by atoms with Crippen molar-refractivity contribution < 1.29 is 19.1 Å². The molecule has 0 fully saturated rings. The van der Waals surface area contributed by atoms with Gasteiger partial charge in [0.15, 0.2) is 6.04 Å². The van der Waals surface area contributed by atoms with E-state index >= 15 is 0 Å². The molecule has 0 spiro atoms. The van der Waals surface area contributed by atoms with E-state index in [0.29, 0.717) is 5.56 Å². The van der Waals surface area contributed by atoms with Crippen LogP contribution in [-0.4, -0.2) is 24.3 Å². The van der Waals surface area contributed by atoms with Crippen LogP contribution in [0, 0.1) is 0 Å². The Morgan fingerprint density at radius 1 is 1.20 bits per heavy atom. The third kappa shape index (κ3) is 5.30. The van der Waals surface area contributed by atoms with Gasteiger partial charge in [-0.15, -0.1) is 0 Å². The van der Waals surface area contributed by atoms with Gasteiger partial charge in [-0.3, -0.25) is 0 Å². The Hall–Kier alpha value is -2.04. The lowest BCUT2D eigenvalue weighted by atomic mass is 10.1. The first-order chi connectivity index (χ1) is 9.33. The second-order valence-electron chi connectivity index (χ2n) is 5.24. The van der Waals surface area contributed by atoms with Crippen molar-refractivity contribution in [1.82, 2.24) is 5.32 Å². The van der Waals surface area contributed by atoms with Crippen LogP contribution in [0.5, 0.6) is 0 Å². The molecule has 0 bridgehead atoms. The molecule has 0 aliphatic heterocycles. The zero-order chi connectivity index (χ0) is 15.2. The van der Waals surface area contributed by atoms with Crippen molar-refractivity contribution in [3.05, 3.63) is 35.9 Å². The molecule has 0 radical (unpaired) electrons. The molecule has 0 saturated heterocycles. The Morgan fingerprint density at radius 3 is 2.30 bits per heavy atom. The van der Waals surface area contributed by atoms with E-state index in [1.807, 2.05) is 6.07 Å². The summed E-state index contributed by atoms with van der Waals surface area (Å²) in [7, 11) is 0. The molecule has 1 aromatic carbocycles. The molecule has 0 unspecified atom stereocenters. The molecule has 1 amide bonds. The number of esters is 1. The summed E-state index contributed by atoms with van der Waals surface area (Å²) in [5, 5.41) is 2.54. The number of hydrogen-bond acceptors (Lipinski definition) is 4. The van der Waals surface area contributed by atoms with Crippen molar-refractivity contribution in [3.8, 4) is 0 Å². The quantitative estimate of drug-likeness (QED) is 0.861. The molecule has 0 saturated carbocycles. The van der Waals surface area contributed by atoms with Gasteiger partial charge in [-0.25, -0.2) is 9.59 Å². The van der Waals surface area contributed by atoms with Crippen LogP contribution < -0.4 is 5.32 Å². The summed E-state index contributed by atoms with van der Waals surface area (Å²) < 4.78 is 10.1. The first kappa shape index (κ1) is 16.0. The first-order valence-electron chi connectivity index (χ1n) is 6.54. The van der Waals surface area contributed by atoms with E-state index < -0.39 is 23.7 Å². The fourth-order valence-corrected chi connectivity index (χ4v) is 1.57. The number of hydrogen-bond donors (Lipinski definition) is 1. The second-order valence-corrected chi connectivity index (χ2v) is 5.24. The molecule has 0 aromatic heterocycles. The Balaban J connectivity index is 2.84. The molecule has 1 aromatic rings. The maximum Gasteiger partial charge on any atom is 0.408 e. The maximum absolute atomic E-state index is 12.0. The van der Waals surface area contributed by atoms with Gasteiger partial charge in [0.2, 0.25) is 0 Å². The molecule has 0 aliphatic carbocycles. The number of nitrogens with one attached hydrogen (secondary N) is 1. The highest BCUT2D eigenvalue weighted by molar-refractivity contribution is 5.82. The van der Waals surface area contributed by atoms with Gasteiger partial charge in [-0.1, -0.05) is 30.3 Å². The highest BCUT2D eigenvalue weighted by Crippen LogP contribution is 2.16. The molecule has 1 atom stereocenters. The number of carbonyl (C=O) groups excluding carboxylic acids is 2. The Morgan fingerprint density at radius 2 is 1.80 bits per heavy atom. The lowest BCUT2D eigenvalue weighted by molar-refractivity contribution is -0.145. The topological polar surface area (TPSA) is 64.6 Å². The average molecular weight is 279 g/mol. The van der Waals surface area contributed by atoms with Gasteiger partial charge in [-0.05, 0) is 33.3 Å². The van der Waals surface area contributed by atoms with Crippen LogP contribution in [0.25, 0.3) is 0 Å². The van der Waals surface area contributed by atoms with E-state index in [-0.39, 0.29) is 6.61 Å². The van der Waals surface area contributed by atoms with Gasteiger partial charge < -0.3 is 14.8 Å². The summed E-state index contributed by atoms with van der Waals surface area (Å²) in [6.45, 7) is 7.24. The first-order valence-corrected chi connectivity index (χ1v) is 6.54. The predicted octanol–water partition coefficient (Wildman–Crippen LogP) is 2.82. The van der Waals surface area contributed by atoms with E-state index in [4.69, 9.17) is 9.47 Å². The number of ether oxygens (including phenoxy) is 2. The molecule has 5 heteroatoms. The Bertz CT molecular complexity index is 451. The summed E-state index contributed by atoms with van der Waals surface area (Å²) in [6, 6.07) is 8.04. The van der Waals surface area contributed by atoms with E-state index in [9.17, 15) is 9.59 Å². The minimum Gasteiger partial charge on any atom is -0.464 e. The molecule has 1 rings (SSSR count). The van der Waals surface area contributed by atoms with Gasteiger partial charge in [0.25, 0.3) is 0 Å². The van der Waals surface area contributed by atoms with Crippen LogP contribution >= 0.6 is 0 Å². The van der Waals surface area contributed by atoms with Crippen molar-refractivity contribution in [2.45, 2.75) is 39.3 Å². The Kier molecular flexibility index (Phi) is 5.55. The molecule has 1 N–H and O–H groups in total. The SMILES string of the molecule is CCOC(=O)[C@@H](NC(=O)OC(C)(C)C)c1ccccc1. The van der Waals surface area contributed by atoms with Gasteiger partial charge in [0.1, 0.15) is 5.60 Å². The van der Waals surface area contributed by atoms with Gasteiger partial charge in [0, 0.05) is 0 Å². The number of carbonyl (C=O) groups is 2. The van der Waals surface area contributed by atoms with Crippen molar-refractivity contribution in [1.29, 1.82) is 0 Å². The van der Waals surface area contributed by atoms with Gasteiger partial charge in [0.05, 0.1) is 6.61 Å². The monoisotopic (exact) mass is 279 g/mol. The lowest BCUT2D eigenvalue weighted by Crippen LogP contribution is -2.38. The summed E-state index contributed by atoms with van der Waals surface area (Å²) in [4.78, 5) is 23.8. The van der Waals surface area contributed by atoms with Crippen LogP contribution in [0.1, 0.15) is 39.3 Å². The zero-order valence-electron chi connectivity index (χ0n) is 12.3. The van der Waals surface area contributed by atoms with E-state index in [0.717, 1.165) is 0 Å². The molecule has 20 heavy (non-hydrogen) atoms. The van der Waals surface area contributed by atoms with Gasteiger partial charge in [-0.2, -0.15) is 0 Å². The molecule has 0 aliphatic rings. The highest BCUT2D eigenvalue weighted by atomic mass is 16.6. The minimum absolute atomic E-state index is 0.248. The molecule has 5 nitrogen and oxygen atoms in total. The normalized spacial score (nSPS) is 12.4. The standard InChI is InChI=1S/C15H21NO4/c1-5-19-13(17)12(11-9-7-6-8-10-11)16-14(18)20-15(2,3)4/h6-10,12H,5H2,1-4H3,(H,16,18)/t12-/m0/s1. The molecular formula is C15H21NO4. The maximum atomic E-state index is 12.0. The fourth-order valence-electron chi connectivity index (χ4n) is 1.57. The molecule has 0 heterocycles. The van der Waals surface area contributed by atoms with Gasteiger partial charge >= 0.3 is 12.1 Å². The number of alkyl carbamates (subject to hydrolysis) is 1. The third-order valence-corrected chi connectivity index (χ3v) is 2.32. The molecular weight excluding hydrogens is 258 g/mol. The summed E-state index contributed by atoms with van der Waals surface area (Å²) >= 11 is 0. The van der Waals surface area contributed by atoms with Crippen molar-refractivity contribution in [3.63, 3.8) is 0 Å². The lowest BCUT2D eigenvalue weighted by Gasteiger charge is -2.23. The van der Waals surface area contributed by atoms with Crippen LogP contribution in [0.3, 0.4) is 0 Å². The minimum atomic E-state index is -0.869. The average Bonchev–Trinajstić information content (AvgIpc) is 2.35. The number of rotatable bonds is 4. The number of amides is 1. The largest absolute Gasteiger partial charge is 0.464 e. The van der Waals surface area contributed by atoms with E-state index in [2.05, 4.69) is 5.32 Å². The van der Waals surface area contributed by atoms with Crippen LogP contribution in [0.4, 0.5) is 4.79 Å². The van der Waals surface area contributed by atoms with Crippen LogP contribution in [-0.2, 0) is 14.3 Å². The number of benzene rings is 1. The van der Waals surface area contributed by atoms with Crippen molar-refractivity contribution >= 4 is 12.1 Å². The molecule has 110 valence electrons. The van der Waals surface area contributed by atoms with E-state index in [1.54, 1.807) is 52.0 Å².